The highest BCUT2D eigenvalue weighted by molar-refractivity contribution is 5.45. The second-order valence-electron chi connectivity index (χ2n) is 6.93. The van der Waals surface area contributed by atoms with Gasteiger partial charge in [0.2, 0.25) is 0 Å². The number of hydrogen-bond acceptors (Lipinski definition) is 4. The number of piperidine rings is 1. The zero-order chi connectivity index (χ0) is 16.4. The maximum Gasteiger partial charge on any atom is 0.129 e. The quantitative estimate of drug-likeness (QED) is 0.872. The van der Waals surface area contributed by atoms with Crippen LogP contribution in [0.4, 0.5) is 5.82 Å². The topological polar surface area (TPSA) is 43.2 Å². The minimum absolute atomic E-state index is 0.566. The molecular formula is C20H22N4. The lowest BCUT2D eigenvalue weighted by Crippen LogP contribution is -2.43. The van der Waals surface area contributed by atoms with Gasteiger partial charge in [-0.2, -0.15) is 5.26 Å². The molecule has 1 aromatic heterocycles. The molecule has 4 nitrogen and oxygen atoms in total. The summed E-state index contributed by atoms with van der Waals surface area (Å²) in [6.45, 7) is 4.24. The Labute approximate surface area is 143 Å². The van der Waals surface area contributed by atoms with Crippen molar-refractivity contribution in [1.82, 2.24) is 9.88 Å². The molecule has 2 aromatic rings. The van der Waals surface area contributed by atoms with Crippen molar-refractivity contribution in [2.45, 2.75) is 25.4 Å². The number of fused-ring (bicyclic) bond motifs is 4. The van der Waals surface area contributed by atoms with Gasteiger partial charge in [0.15, 0.2) is 0 Å². The molecule has 0 unspecified atom stereocenters. The van der Waals surface area contributed by atoms with E-state index in [4.69, 9.17) is 5.26 Å². The number of pyridine rings is 1. The molecule has 3 aliphatic rings. The monoisotopic (exact) mass is 318 g/mol. The van der Waals surface area contributed by atoms with Crippen LogP contribution in [0, 0.1) is 17.2 Å². The smallest absolute Gasteiger partial charge is 0.129 e. The molecular weight excluding hydrogens is 296 g/mol. The van der Waals surface area contributed by atoms with Crippen LogP contribution in [-0.4, -0.2) is 35.6 Å². The Morgan fingerprint density at radius 3 is 2.79 bits per heavy atom. The van der Waals surface area contributed by atoms with E-state index >= 15 is 0 Å². The van der Waals surface area contributed by atoms with Crippen LogP contribution in [0.15, 0.2) is 48.7 Å². The minimum atomic E-state index is 0.566. The molecule has 0 spiro atoms. The molecule has 0 aliphatic carbocycles. The average molecular weight is 318 g/mol. The molecule has 122 valence electrons. The molecule has 5 rings (SSSR count). The largest absolute Gasteiger partial charge is 0.355 e. The SMILES string of the molecule is N#Cc1ccnc(N2C[C@H]3CC[C@@H](C2)N(Cc2ccccc2)C3)c1. The van der Waals surface area contributed by atoms with Crippen molar-refractivity contribution in [2.24, 2.45) is 5.92 Å². The predicted octanol–water partition coefficient (Wildman–Crippen LogP) is 3.05. The molecule has 1 aromatic carbocycles. The second-order valence-corrected chi connectivity index (χ2v) is 6.93. The van der Waals surface area contributed by atoms with E-state index in [1.807, 2.05) is 6.07 Å². The molecule has 2 atom stereocenters. The van der Waals surface area contributed by atoms with Gasteiger partial charge in [0.1, 0.15) is 5.82 Å². The molecule has 0 N–H and O–H groups in total. The van der Waals surface area contributed by atoms with Crippen LogP contribution in [0.25, 0.3) is 0 Å². The van der Waals surface area contributed by atoms with Crippen LogP contribution in [0.3, 0.4) is 0 Å². The summed E-state index contributed by atoms with van der Waals surface area (Å²) in [4.78, 5) is 9.53. The normalized spacial score (nSPS) is 23.7. The Bertz CT molecular complexity index is 737. The fourth-order valence-electron chi connectivity index (χ4n) is 4.04. The van der Waals surface area contributed by atoms with Gasteiger partial charge in [-0.05, 0) is 36.5 Å². The van der Waals surface area contributed by atoms with Gasteiger partial charge >= 0.3 is 0 Å². The average Bonchev–Trinajstić information content (AvgIpc) is 2.94. The Morgan fingerprint density at radius 2 is 1.96 bits per heavy atom. The fraction of sp³-hybridized carbons (Fsp3) is 0.400. The number of nitrogens with zero attached hydrogens (tertiary/aromatic N) is 4. The van der Waals surface area contributed by atoms with Crippen LogP contribution in [-0.2, 0) is 6.54 Å². The van der Waals surface area contributed by atoms with Crippen LogP contribution in [0.5, 0.6) is 0 Å². The molecule has 3 saturated heterocycles. The molecule has 3 fully saturated rings. The van der Waals surface area contributed by atoms with Gasteiger partial charge in [-0.1, -0.05) is 30.3 Å². The first-order chi connectivity index (χ1) is 11.8. The summed E-state index contributed by atoms with van der Waals surface area (Å²) >= 11 is 0. The van der Waals surface area contributed by atoms with Crippen LogP contribution < -0.4 is 4.90 Å². The van der Waals surface area contributed by atoms with Crippen molar-refractivity contribution in [1.29, 1.82) is 5.26 Å². The van der Waals surface area contributed by atoms with Gasteiger partial charge in [0.25, 0.3) is 0 Å². The summed E-state index contributed by atoms with van der Waals surface area (Å²) in [6, 6.07) is 17.2. The fourth-order valence-corrected chi connectivity index (χ4v) is 4.04. The van der Waals surface area contributed by atoms with E-state index in [-0.39, 0.29) is 0 Å². The number of rotatable bonds is 3. The Morgan fingerprint density at radius 1 is 1.08 bits per heavy atom. The summed E-state index contributed by atoms with van der Waals surface area (Å²) < 4.78 is 0. The third-order valence-corrected chi connectivity index (χ3v) is 5.25. The van der Waals surface area contributed by atoms with Gasteiger partial charge in [-0.25, -0.2) is 4.98 Å². The highest BCUT2D eigenvalue weighted by Gasteiger charge is 2.35. The zero-order valence-corrected chi connectivity index (χ0v) is 13.8. The van der Waals surface area contributed by atoms with Gasteiger partial charge in [-0.15, -0.1) is 0 Å². The first-order valence-electron chi connectivity index (χ1n) is 8.71. The molecule has 4 heteroatoms. The van der Waals surface area contributed by atoms with E-state index in [1.54, 1.807) is 12.3 Å². The van der Waals surface area contributed by atoms with Gasteiger partial charge in [0.05, 0.1) is 11.6 Å². The first-order valence-corrected chi connectivity index (χ1v) is 8.71. The molecule has 0 amide bonds. The minimum Gasteiger partial charge on any atom is -0.355 e. The second kappa shape index (κ2) is 6.62. The standard InChI is InChI=1S/C20H22N4/c21-11-17-8-9-22-20(10-17)24-14-18-6-7-19(15-24)23(13-18)12-16-4-2-1-3-5-16/h1-5,8-10,18-19H,6-7,12-15H2/t18-,19-/m0/s1. The lowest BCUT2D eigenvalue weighted by molar-refractivity contribution is 0.126. The molecule has 0 saturated carbocycles. The van der Waals surface area contributed by atoms with Crippen molar-refractivity contribution in [3.8, 4) is 6.07 Å². The maximum absolute atomic E-state index is 9.13. The van der Waals surface area contributed by atoms with E-state index in [0.29, 0.717) is 17.5 Å². The number of benzene rings is 1. The lowest BCUT2D eigenvalue weighted by atomic mass is 9.94. The van der Waals surface area contributed by atoms with Crippen LogP contribution >= 0.6 is 0 Å². The molecule has 24 heavy (non-hydrogen) atoms. The van der Waals surface area contributed by atoms with Crippen molar-refractivity contribution in [2.75, 3.05) is 24.5 Å². The van der Waals surface area contributed by atoms with E-state index in [1.165, 1.54) is 18.4 Å². The summed E-state index contributed by atoms with van der Waals surface area (Å²) in [5, 5.41) is 9.13. The van der Waals surface area contributed by atoms with Crippen molar-refractivity contribution >= 4 is 5.82 Å². The van der Waals surface area contributed by atoms with Crippen molar-refractivity contribution < 1.29 is 0 Å². The lowest BCUT2D eigenvalue weighted by Gasteiger charge is -2.36. The summed E-state index contributed by atoms with van der Waals surface area (Å²) in [5.41, 5.74) is 2.08. The van der Waals surface area contributed by atoms with Gasteiger partial charge in [-0.3, -0.25) is 4.90 Å². The van der Waals surface area contributed by atoms with E-state index in [0.717, 1.165) is 32.0 Å². The molecule has 3 aliphatic heterocycles. The number of aromatic nitrogens is 1. The van der Waals surface area contributed by atoms with Crippen molar-refractivity contribution in [3.05, 3.63) is 59.8 Å². The maximum atomic E-state index is 9.13. The third kappa shape index (κ3) is 3.13. The Hall–Kier alpha value is -2.38. The van der Waals surface area contributed by atoms with Gasteiger partial charge in [0, 0.05) is 38.4 Å². The molecule has 0 radical (unpaired) electrons. The highest BCUT2D eigenvalue weighted by atomic mass is 15.3. The third-order valence-electron chi connectivity index (χ3n) is 5.25. The first kappa shape index (κ1) is 15.2. The number of anilines is 1. The van der Waals surface area contributed by atoms with Crippen molar-refractivity contribution in [3.63, 3.8) is 0 Å². The van der Waals surface area contributed by atoms with E-state index in [9.17, 15) is 0 Å². The Kier molecular flexibility index (Phi) is 4.18. The summed E-state index contributed by atoms with van der Waals surface area (Å²) in [5.74, 6) is 1.63. The molecule has 4 heterocycles. The number of hydrogen-bond donors (Lipinski definition) is 0. The number of nitriles is 1. The van der Waals surface area contributed by atoms with Crippen LogP contribution in [0.2, 0.25) is 0 Å². The highest BCUT2D eigenvalue weighted by Crippen LogP contribution is 2.31. The zero-order valence-electron chi connectivity index (χ0n) is 13.8. The Balaban J connectivity index is 1.53. The van der Waals surface area contributed by atoms with E-state index in [2.05, 4.69) is 51.2 Å². The molecule has 2 bridgehead atoms. The predicted molar refractivity (Wildman–Crippen MR) is 94.5 cm³/mol. The summed E-state index contributed by atoms with van der Waals surface area (Å²) in [7, 11) is 0. The van der Waals surface area contributed by atoms with E-state index < -0.39 is 0 Å². The van der Waals surface area contributed by atoms with Crippen LogP contribution in [0.1, 0.15) is 24.0 Å². The summed E-state index contributed by atoms with van der Waals surface area (Å²) in [6.07, 6.45) is 4.30. The van der Waals surface area contributed by atoms with Gasteiger partial charge < -0.3 is 4.90 Å².